The summed E-state index contributed by atoms with van der Waals surface area (Å²) in [5.41, 5.74) is 0. The van der Waals surface area contributed by atoms with Crippen molar-refractivity contribution in [3.05, 3.63) is 10.0 Å². The molecular weight excluding hydrogens is 504 g/mol. The molecule has 0 spiro atoms. The van der Waals surface area contributed by atoms with Crippen molar-refractivity contribution in [1.29, 1.82) is 0 Å². The van der Waals surface area contributed by atoms with Gasteiger partial charge in [0.2, 0.25) is 33.9 Å². The Balaban J connectivity index is 1.13. The number of amides is 4. The zero-order valence-corrected chi connectivity index (χ0v) is 21.4. The number of carbonyl (C=O) groups is 4. The van der Waals surface area contributed by atoms with Gasteiger partial charge in [0.25, 0.3) is 0 Å². The summed E-state index contributed by atoms with van der Waals surface area (Å²) >= 11 is 2.75. The summed E-state index contributed by atoms with van der Waals surface area (Å²) < 4.78 is 0. The molecule has 12 nitrogen and oxygen atoms in total. The Morgan fingerprint density at radius 3 is 1.64 bits per heavy atom. The van der Waals surface area contributed by atoms with E-state index in [0.717, 1.165) is 48.5 Å². The van der Waals surface area contributed by atoms with Gasteiger partial charge in [-0.05, 0) is 32.1 Å². The van der Waals surface area contributed by atoms with Gasteiger partial charge in [-0.2, -0.15) is 0 Å². The van der Waals surface area contributed by atoms with Crippen molar-refractivity contribution in [1.82, 2.24) is 30.2 Å². The predicted molar refractivity (Wildman–Crippen MR) is 133 cm³/mol. The van der Waals surface area contributed by atoms with E-state index in [-0.39, 0.29) is 48.6 Å². The maximum Gasteiger partial charge on any atom is 0.245 e. The standard InChI is InChI=1S/C22H28N8O4S2/c31-15(11-29-8-2-6-17(29)33)23-21-27-25-19(35-21)13-4-1-5-14(10-13)20-26-28-22(36-20)24-16(32)12-30-9-3-7-18(30)34/h13-14H,1-12H2,(H,23,27,31)(H,24,28,32)/t13-,14-/m0/s1. The Hall–Kier alpha value is -3.00. The lowest BCUT2D eigenvalue weighted by atomic mass is 9.82. The number of hydrogen-bond acceptors (Lipinski definition) is 10. The SMILES string of the molecule is O=C(CN1CCCC1=O)Nc1nnc([C@H]2CCC[C@H](c3nnc(NC(=O)CN4CCCC4=O)s3)C2)s1. The van der Waals surface area contributed by atoms with E-state index in [2.05, 4.69) is 31.0 Å². The molecule has 36 heavy (non-hydrogen) atoms. The third kappa shape index (κ3) is 5.86. The van der Waals surface area contributed by atoms with E-state index in [1.54, 1.807) is 9.80 Å². The summed E-state index contributed by atoms with van der Waals surface area (Å²) in [6.45, 7) is 1.32. The van der Waals surface area contributed by atoms with Gasteiger partial charge in [-0.15, -0.1) is 20.4 Å². The number of likely N-dealkylation sites (tertiary alicyclic amines) is 2. The van der Waals surface area contributed by atoms with Crippen molar-refractivity contribution in [2.75, 3.05) is 36.8 Å². The molecule has 5 rings (SSSR count). The minimum atomic E-state index is -0.257. The minimum absolute atomic E-state index is 0.0115. The molecule has 192 valence electrons. The lowest BCUT2D eigenvalue weighted by Crippen LogP contribution is -2.33. The highest BCUT2D eigenvalue weighted by molar-refractivity contribution is 7.15. The Morgan fingerprint density at radius 2 is 1.22 bits per heavy atom. The van der Waals surface area contributed by atoms with Gasteiger partial charge in [0.1, 0.15) is 10.0 Å². The molecule has 2 aromatic rings. The van der Waals surface area contributed by atoms with E-state index in [9.17, 15) is 19.2 Å². The fraction of sp³-hybridized carbons (Fsp3) is 0.636. The molecule has 2 aromatic heterocycles. The van der Waals surface area contributed by atoms with E-state index >= 15 is 0 Å². The van der Waals surface area contributed by atoms with Crippen LogP contribution in [0.3, 0.4) is 0 Å². The fourth-order valence-corrected chi connectivity index (χ4v) is 6.76. The zero-order chi connectivity index (χ0) is 25.1. The largest absolute Gasteiger partial charge is 0.333 e. The number of nitrogens with one attached hydrogen (secondary N) is 2. The second-order valence-electron chi connectivity index (χ2n) is 9.39. The van der Waals surface area contributed by atoms with Crippen LogP contribution >= 0.6 is 22.7 Å². The van der Waals surface area contributed by atoms with Crippen molar-refractivity contribution in [2.24, 2.45) is 0 Å². The molecule has 2 atom stereocenters. The van der Waals surface area contributed by atoms with Crippen molar-refractivity contribution >= 4 is 56.6 Å². The van der Waals surface area contributed by atoms with Gasteiger partial charge in [-0.1, -0.05) is 29.1 Å². The molecule has 0 aromatic carbocycles. The molecule has 3 aliphatic rings. The van der Waals surface area contributed by atoms with Crippen molar-refractivity contribution in [3.63, 3.8) is 0 Å². The predicted octanol–water partition coefficient (Wildman–Crippen LogP) is 1.95. The van der Waals surface area contributed by atoms with Gasteiger partial charge < -0.3 is 9.80 Å². The maximum absolute atomic E-state index is 12.3. The summed E-state index contributed by atoms with van der Waals surface area (Å²) in [5, 5.41) is 25.1. The Morgan fingerprint density at radius 1 is 0.750 bits per heavy atom. The van der Waals surface area contributed by atoms with Gasteiger partial charge in [-0.25, -0.2) is 0 Å². The third-order valence-corrected chi connectivity index (χ3v) is 8.76. The van der Waals surface area contributed by atoms with E-state index < -0.39 is 0 Å². The first-order valence-corrected chi connectivity index (χ1v) is 13.9. The zero-order valence-electron chi connectivity index (χ0n) is 19.8. The van der Waals surface area contributed by atoms with Crippen LogP contribution in [0.4, 0.5) is 10.3 Å². The van der Waals surface area contributed by atoms with Gasteiger partial charge in [0.15, 0.2) is 0 Å². The van der Waals surface area contributed by atoms with E-state index in [4.69, 9.17) is 0 Å². The van der Waals surface area contributed by atoms with Gasteiger partial charge >= 0.3 is 0 Å². The average Bonchev–Trinajstić information content (AvgIpc) is 3.66. The van der Waals surface area contributed by atoms with Gasteiger partial charge in [-0.3, -0.25) is 29.8 Å². The second kappa shape index (κ2) is 10.9. The second-order valence-corrected chi connectivity index (χ2v) is 11.4. The highest BCUT2D eigenvalue weighted by atomic mass is 32.1. The Kier molecular flexibility index (Phi) is 7.51. The van der Waals surface area contributed by atoms with Crippen LogP contribution in [0.1, 0.15) is 73.2 Å². The number of rotatable bonds is 8. The molecule has 2 N–H and O–H groups in total. The lowest BCUT2D eigenvalue weighted by Gasteiger charge is -2.25. The Labute approximate surface area is 215 Å². The van der Waals surface area contributed by atoms with Crippen LogP contribution in [0, 0.1) is 0 Å². The normalized spacial score (nSPS) is 22.3. The number of aromatic nitrogens is 4. The molecule has 2 aliphatic heterocycles. The minimum Gasteiger partial charge on any atom is -0.333 e. The van der Waals surface area contributed by atoms with Crippen LogP contribution in [-0.4, -0.2) is 80.0 Å². The highest BCUT2D eigenvalue weighted by Gasteiger charge is 2.30. The van der Waals surface area contributed by atoms with Crippen molar-refractivity contribution < 1.29 is 19.2 Å². The van der Waals surface area contributed by atoms with E-state index in [0.29, 0.717) is 36.2 Å². The molecule has 2 saturated heterocycles. The Bertz CT molecular complexity index is 1060. The summed E-state index contributed by atoms with van der Waals surface area (Å²) in [5.74, 6) is -0.0840. The first-order chi connectivity index (χ1) is 17.4. The van der Waals surface area contributed by atoms with Crippen molar-refractivity contribution in [3.8, 4) is 0 Å². The molecule has 14 heteroatoms. The van der Waals surface area contributed by atoms with Gasteiger partial charge in [0.05, 0.1) is 13.1 Å². The number of hydrogen-bond donors (Lipinski definition) is 2. The maximum atomic E-state index is 12.3. The number of carbonyl (C=O) groups excluding carboxylic acids is 4. The van der Waals surface area contributed by atoms with E-state index in [1.165, 1.54) is 22.7 Å². The molecular formula is C22H28N8O4S2. The molecule has 0 bridgehead atoms. The molecule has 0 unspecified atom stereocenters. The molecule has 1 aliphatic carbocycles. The third-order valence-electron chi connectivity index (χ3n) is 6.76. The van der Waals surface area contributed by atoms with Crippen LogP contribution in [0.5, 0.6) is 0 Å². The first-order valence-electron chi connectivity index (χ1n) is 12.3. The molecule has 4 heterocycles. The molecule has 0 radical (unpaired) electrons. The summed E-state index contributed by atoms with van der Waals surface area (Å²) in [6, 6.07) is 0. The van der Waals surface area contributed by atoms with E-state index in [1.807, 2.05) is 0 Å². The van der Waals surface area contributed by atoms with Crippen LogP contribution in [0.25, 0.3) is 0 Å². The topological polar surface area (TPSA) is 150 Å². The lowest BCUT2D eigenvalue weighted by molar-refractivity contribution is -0.131. The van der Waals surface area contributed by atoms with Crippen LogP contribution in [0.2, 0.25) is 0 Å². The summed E-state index contributed by atoms with van der Waals surface area (Å²) in [6.07, 6.45) is 6.39. The molecule has 4 amide bonds. The highest BCUT2D eigenvalue weighted by Crippen LogP contribution is 2.43. The molecule has 1 saturated carbocycles. The molecule has 3 fully saturated rings. The summed E-state index contributed by atoms with van der Waals surface area (Å²) in [7, 11) is 0. The van der Waals surface area contributed by atoms with Gasteiger partial charge in [0, 0.05) is 37.8 Å². The smallest absolute Gasteiger partial charge is 0.245 e. The van der Waals surface area contributed by atoms with Crippen molar-refractivity contribution in [2.45, 2.75) is 63.2 Å². The van der Waals surface area contributed by atoms with Crippen LogP contribution < -0.4 is 10.6 Å². The van der Waals surface area contributed by atoms with Crippen LogP contribution in [0.15, 0.2) is 0 Å². The fourth-order valence-electron chi connectivity index (χ4n) is 4.95. The first kappa shape index (κ1) is 24.7. The summed E-state index contributed by atoms with van der Waals surface area (Å²) in [4.78, 5) is 51.2. The average molecular weight is 533 g/mol. The quantitative estimate of drug-likeness (QED) is 0.524. The number of nitrogens with zero attached hydrogens (tertiary/aromatic N) is 6. The number of anilines is 2. The van der Waals surface area contributed by atoms with Crippen LogP contribution in [-0.2, 0) is 19.2 Å². The monoisotopic (exact) mass is 532 g/mol.